The maximum absolute atomic E-state index is 11.6. The van der Waals surface area contributed by atoms with Crippen LogP contribution in [0.1, 0.15) is 12.0 Å². The Bertz CT molecular complexity index is 534. The Balaban J connectivity index is 1.81. The molecule has 0 aromatic heterocycles. The summed E-state index contributed by atoms with van der Waals surface area (Å²) in [4.78, 5) is 13.7. The van der Waals surface area contributed by atoms with Gasteiger partial charge in [0.15, 0.2) is 11.5 Å². The van der Waals surface area contributed by atoms with Gasteiger partial charge >= 0.3 is 0 Å². The van der Waals surface area contributed by atoms with E-state index in [-0.39, 0.29) is 18.1 Å². The van der Waals surface area contributed by atoms with Crippen LogP contribution in [0.4, 0.5) is 0 Å². The Hall–Kier alpha value is -1.79. The van der Waals surface area contributed by atoms with E-state index in [2.05, 4.69) is 0 Å². The maximum Gasteiger partial charge on any atom is 0.234 e. The number of nitrogens with two attached hydrogens (primary N) is 1. The summed E-state index contributed by atoms with van der Waals surface area (Å²) in [7, 11) is 1.66. The summed E-state index contributed by atoms with van der Waals surface area (Å²) in [5.74, 6) is 1.22. The van der Waals surface area contributed by atoms with Crippen molar-refractivity contribution in [1.29, 1.82) is 0 Å². The third-order valence-corrected chi connectivity index (χ3v) is 4.05. The van der Waals surface area contributed by atoms with Crippen molar-refractivity contribution in [2.75, 3.05) is 26.9 Å². The summed E-state index contributed by atoms with van der Waals surface area (Å²) in [5, 5.41) is 0. The predicted molar refractivity (Wildman–Crippen MR) is 76.2 cm³/mol. The Morgan fingerprint density at radius 1 is 1.43 bits per heavy atom. The van der Waals surface area contributed by atoms with Gasteiger partial charge in [0.1, 0.15) is 13.2 Å². The molecule has 1 saturated heterocycles. The fourth-order valence-corrected chi connectivity index (χ4v) is 2.98. The zero-order chi connectivity index (χ0) is 14.8. The number of carbonyl (C=O) groups excluding carboxylic acids is 1. The van der Waals surface area contributed by atoms with Crippen LogP contribution in [0.2, 0.25) is 0 Å². The van der Waals surface area contributed by atoms with Gasteiger partial charge in [-0.1, -0.05) is 12.1 Å². The van der Waals surface area contributed by atoms with Gasteiger partial charge in [-0.2, -0.15) is 0 Å². The van der Waals surface area contributed by atoms with Gasteiger partial charge in [0.05, 0.1) is 12.1 Å². The smallest absolute Gasteiger partial charge is 0.234 e. The second-order valence-electron chi connectivity index (χ2n) is 5.38. The number of benzene rings is 1. The van der Waals surface area contributed by atoms with Gasteiger partial charge in [-0.15, -0.1) is 0 Å². The first-order valence-corrected chi connectivity index (χ1v) is 7.12. The molecule has 21 heavy (non-hydrogen) atoms. The van der Waals surface area contributed by atoms with E-state index in [9.17, 15) is 4.79 Å². The molecule has 0 spiro atoms. The molecule has 6 nitrogen and oxygen atoms in total. The molecular weight excluding hydrogens is 272 g/mol. The van der Waals surface area contributed by atoms with Crippen molar-refractivity contribution >= 4 is 5.91 Å². The molecular formula is C15H20N2O4. The van der Waals surface area contributed by atoms with Crippen LogP contribution in [0.25, 0.3) is 0 Å². The summed E-state index contributed by atoms with van der Waals surface area (Å²) in [6.07, 6.45) is 0.678. The lowest BCUT2D eigenvalue weighted by Crippen LogP contribution is -2.39. The molecule has 1 aromatic carbocycles. The number of ether oxygens (including phenoxy) is 3. The highest BCUT2D eigenvalue weighted by atomic mass is 16.6. The number of carbonyl (C=O) groups is 1. The number of rotatable bonds is 4. The predicted octanol–water partition coefficient (Wildman–Crippen LogP) is 0.532. The van der Waals surface area contributed by atoms with Crippen LogP contribution in [0.15, 0.2) is 18.2 Å². The SMILES string of the molecule is CO[C@H]1C[C@@H](C(N)=O)N(Cc2cccc3c2OCCO3)C1. The average Bonchev–Trinajstić information content (AvgIpc) is 2.91. The van der Waals surface area contributed by atoms with Crippen molar-refractivity contribution in [3.8, 4) is 11.5 Å². The molecule has 0 saturated carbocycles. The van der Waals surface area contributed by atoms with Crippen LogP contribution in [-0.4, -0.2) is 49.8 Å². The van der Waals surface area contributed by atoms with E-state index in [1.165, 1.54) is 0 Å². The molecule has 2 N–H and O–H groups in total. The number of likely N-dealkylation sites (tertiary alicyclic amines) is 1. The molecule has 1 amide bonds. The van der Waals surface area contributed by atoms with Crippen molar-refractivity contribution in [1.82, 2.24) is 4.90 Å². The minimum Gasteiger partial charge on any atom is -0.486 e. The first-order chi connectivity index (χ1) is 10.2. The van der Waals surface area contributed by atoms with Crippen LogP contribution >= 0.6 is 0 Å². The Kier molecular flexibility index (Phi) is 3.98. The summed E-state index contributed by atoms with van der Waals surface area (Å²) in [5.41, 5.74) is 6.51. The zero-order valence-electron chi connectivity index (χ0n) is 12.1. The molecule has 0 aliphatic carbocycles. The second kappa shape index (κ2) is 5.91. The fraction of sp³-hybridized carbons (Fsp3) is 0.533. The third-order valence-electron chi connectivity index (χ3n) is 4.05. The van der Waals surface area contributed by atoms with Crippen molar-refractivity contribution in [2.24, 2.45) is 5.73 Å². The van der Waals surface area contributed by atoms with Gasteiger partial charge in [0, 0.05) is 25.8 Å². The van der Waals surface area contributed by atoms with Crippen molar-refractivity contribution < 1.29 is 19.0 Å². The molecule has 6 heteroatoms. The van der Waals surface area contributed by atoms with E-state index in [1.54, 1.807) is 7.11 Å². The van der Waals surface area contributed by atoms with Gasteiger partial charge in [-0.3, -0.25) is 9.69 Å². The number of hydrogen-bond acceptors (Lipinski definition) is 5. The number of primary amides is 1. The summed E-state index contributed by atoms with van der Waals surface area (Å²) < 4.78 is 16.7. The summed E-state index contributed by atoms with van der Waals surface area (Å²) in [6.45, 7) is 2.40. The number of methoxy groups -OCH3 is 1. The summed E-state index contributed by atoms with van der Waals surface area (Å²) >= 11 is 0. The van der Waals surface area contributed by atoms with Crippen LogP contribution < -0.4 is 15.2 Å². The maximum atomic E-state index is 11.6. The fourth-order valence-electron chi connectivity index (χ4n) is 2.98. The highest BCUT2D eigenvalue weighted by Crippen LogP contribution is 2.35. The minimum absolute atomic E-state index is 0.0409. The van der Waals surface area contributed by atoms with Crippen molar-refractivity contribution in [2.45, 2.75) is 25.1 Å². The Morgan fingerprint density at radius 2 is 2.24 bits per heavy atom. The molecule has 2 heterocycles. The number of fused-ring (bicyclic) bond motifs is 1. The zero-order valence-corrected chi connectivity index (χ0v) is 12.1. The minimum atomic E-state index is -0.309. The Morgan fingerprint density at radius 3 is 3.00 bits per heavy atom. The van der Waals surface area contributed by atoms with E-state index in [4.69, 9.17) is 19.9 Å². The van der Waals surface area contributed by atoms with Gasteiger partial charge in [-0.25, -0.2) is 0 Å². The first kappa shape index (κ1) is 14.2. The van der Waals surface area contributed by atoms with E-state index in [0.29, 0.717) is 32.7 Å². The largest absolute Gasteiger partial charge is 0.486 e. The molecule has 2 aliphatic heterocycles. The van der Waals surface area contributed by atoms with E-state index in [0.717, 1.165) is 17.1 Å². The summed E-state index contributed by atoms with van der Waals surface area (Å²) in [6, 6.07) is 5.53. The first-order valence-electron chi connectivity index (χ1n) is 7.12. The van der Waals surface area contributed by atoms with Crippen LogP contribution in [-0.2, 0) is 16.1 Å². The highest BCUT2D eigenvalue weighted by Gasteiger charge is 2.36. The number of para-hydroxylation sites is 1. The lowest BCUT2D eigenvalue weighted by molar-refractivity contribution is -0.122. The molecule has 1 fully saturated rings. The monoisotopic (exact) mass is 292 g/mol. The number of hydrogen-bond donors (Lipinski definition) is 1. The third kappa shape index (κ3) is 2.82. The molecule has 2 aliphatic rings. The lowest BCUT2D eigenvalue weighted by atomic mass is 10.1. The van der Waals surface area contributed by atoms with Gasteiger partial charge in [0.25, 0.3) is 0 Å². The highest BCUT2D eigenvalue weighted by molar-refractivity contribution is 5.80. The lowest BCUT2D eigenvalue weighted by Gasteiger charge is -2.25. The van der Waals surface area contributed by atoms with Crippen LogP contribution in [0, 0.1) is 0 Å². The quantitative estimate of drug-likeness (QED) is 0.876. The molecule has 1 aromatic rings. The standard InChI is InChI=1S/C15H20N2O4/c1-19-11-7-12(15(16)18)17(9-11)8-10-3-2-4-13-14(10)21-6-5-20-13/h2-4,11-12H,5-9H2,1H3,(H2,16,18)/t11-,12-/m0/s1. The number of amides is 1. The van der Waals surface area contributed by atoms with Crippen molar-refractivity contribution in [3.63, 3.8) is 0 Å². The van der Waals surface area contributed by atoms with E-state index in [1.807, 2.05) is 23.1 Å². The molecule has 2 atom stereocenters. The van der Waals surface area contributed by atoms with Gasteiger partial charge in [-0.05, 0) is 12.5 Å². The van der Waals surface area contributed by atoms with Crippen LogP contribution in [0.3, 0.4) is 0 Å². The topological polar surface area (TPSA) is 74.0 Å². The van der Waals surface area contributed by atoms with Gasteiger partial charge < -0.3 is 19.9 Å². The van der Waals surface area contributed by atoms with Gasteiger partial charge in [0.2, 0.25) is 5.91 Å². The van der Waals surface area contributed by atoms with E-state index < -0.39 is 0 Å². The van der Waals surface area contributed by atoms with E-state index >= 15 is 0 Å². The second-order valence-corrected chi connectivity index (χ2v) is 5.38. The van der Waals surface area contributed by atoms with Crippen LogP contribution in [0.5, 0.6) is 11.5 Å². The molecule has 3 rings (SSSR count). The molecule has 0 radical (unpaired) electrons. The molecule has 0 bridgehead atoms. The molecule has 114 valence electrons. The normalized spacial score (nSPS) is 25.0. The number of nitrogens with zero attached hydrogens (tertiary/aromatic N) is 1. The molecule has 0 unspecified atom stereocenters. The average molecular weight is 292 g/mol. The Labute approximate surface area is 123 Å². The van der Waals surface area contributed by atoms with Crippen molar-refractivity contribution in [3.05, 3.63) is 23.8 Å².